The fourth-order valence-electron chi connectivity index (χ4n) is 2.00. The minimum atomic E-state index is -0.990. The van der Waals surface area contributed by atoms with E-state index in [9.17, 15) is 9.18 Å². The van der Waals surface area contributed by atoms with Crippen LogP contribution in [0.25, 0.3) is 0 Å². The Kier molecular flexibility index (Phi) is 3.70. The molecule has 0 aromatic heterocycles. The average Bonchev–Trinajstić information content (AvgIpc) is 2.30. The summed E-state index contributed by atoms with van der Waals surface area (Å²) in [5, 5.41) is 0. The van der Waals surface area contributed by atoms with E-state index < -0.39 is 23.2 Å². The van der Waals surface area contributed by atoms with Gasteiger partial charge in [0.15, 0.2) is 0 Å². The molecule has 18 heavy (non-hydrogen) atoms. The van der Waals surface area contributed by atoms with Crippen LogP contribution in [-0.2, 0) is 14.3 Å². The predicted molar refractivity (Wildman–Crippen MR) is 66.3 cm³/mol. The van der Waals surface area contributed by atoms with E-state index in [1.54, 1.807) is 12.1 Å². The standard InChI is InChI=1S/C12H13BrFNO3/c1-17-11(16)12(5-18-6-12)10(15)8-4-7(13)2-3-9(8)14/h2-4,10H,5-6,15H2,1H3. The maximum Gasteiger partial charge on any atom is 0.318 e. The molecule has 98 valence electrons. The van der Waals surface area contributed by atoms with Crippen LogP contribution < -0.4 is 5.73 Å². The molecule has 1 aromatic rings. The summed E-state index contributed by atoms with van der Waals surface area (Å²) >= 11 is 3.26. The number of carbonyl (C=O) groups excluding carboxylic acids is 1. The van der Waals surface area contributed by atoms with E-state index in [2.05, 4.69) is 15.9 Å². The second-order valence-electron chi connectivity index (χ2n) is 4.28. The summed E-state index contributed by atoms with van der Waals surface area (Å²) in [6, 6.07) is 3.66. The van der Waals surface area contributed by atoms with Gasteiger partial charge >= 0.3 is 5.97 Å². The Balaban J connectivity index is 2.37. The first-order chi connectivity index (χ1) is 8.51. The summed E-state index contributed by atoms with van der Waals surface area (Å²) in [6.45, 7) is 0.291. The van der Waals surface area contributed by atoms with Gasteiger partial charge in [-0.2, -0.15) is 0 Å². The molecule has 1 aromatic carbocycles. The molecule has 0 amide bonds. The van der Waals surface area contributed by atoms with Crippen LogP contribution in [-0.4, -0.2) is 26.3 Å². The second kappa shape index (κ2) is 4.95. The SMILES string of the molecule is COC(=O)C1(C(N)c2cc(Br)ccc2F)COC1. The maximum atomic E-state index is 13.8. The van der Waals surface area contributed by atoms with E-state index >= 15 is 0 Å². The molecule has 1 aliphatic heterocycles. The molecule has 1 fully saturated rings. The number of benzene rings is 1. The Labute approximate surface area is 112 Å². The third-order valence-electron chi connectivity index (χ3n) is 3.20. The lowest BCUT2D eigenvalue weighted by atomic mass is 9.75. The molecule has 0 aliphatic carbocycles. The van der Waals surface area contributed by atoms with Crippen molar-refractivity contribution in [3.63, 3.8) is 0 Å². The van der Waals surface area contributed by atoms with Gasteiger partial charge < -0.3 is 15.2 Å². The number of nitrogens with two attached hydrogens (primary N) is 1. The number of esters is 1. The van der Waals surface area contributed by atoms with Crippen LogP contribution in [0, 0.1) is 11.2 Å². The minimum Gasteiger partial charge on any atom is -0.468 e. The lowest BCUT2D eigenvalue weighted by molar-refractivity contribution is -0.188. The van der Waals surface area contributed by atoms with E-state index in [0.29, 0.717) is 4.47 Å². The zero-order valence-electron chi connectivity index (χ0n) is 9.78. The number of carbonyl (C=O) groups is 1. The van der Waals surface area contributed by atoms with Crippen LogP contribution in [0.3, 0.4) is 0 Å². The fraction of sp³-hybridized carbons (Fsp3) is 0.417. The van der Waals surface area contributed by atoms with Crippen molar-refractivity contribution in [1.82, 2.24) is 0 Å². The highest BCUT2D eigenvalue weighted by molar-refractivity contribution is 9.10. The van der Waals surface area contributed by atoms with Crippen LogP contribution >= 0.6 is 15.9 Å². The predicted octanol–water partition coefficient (Wildman–Crippen LogP) is 1.78. The summed E-state index contributed by atoms with van der Waals surface area (Å²) in [5.74, 6) is -0.915. The first kappa shape index (κ1) is 13.5. The third kappa shape index (κ3) is 2.04. The maximum absolute atomic E-state index is 13.8. The van der Waals surface area contributed by atoms with Gasteiger partial charge in [0, 0.05) is 10.0 Å². The van der Waals surface area contributed by atoms with Crippen LogP contribution in [0.2, 0.25) is 0 Å². The van der Waals surface area contributed by atoms with Gasteiger partial charge in [-0.3, -0.25) is 4.79 Å². The van der Waals surface area contributed by atoms with Crippen molar-refractivity contribution in [2.45, 2.75) is 6.04 Å². The molecular formula is C12H13BrFNO3. The zero-order chi connectivity index (χ0) is 13.3. The average molecular weight is 318 g/mol. The first-order valence-electron chi connectivity index (χ1n) is 5.38. The highest BCUT2D eigenvalue weighted by Crippen LogP contribution is 2.41. The number of methoxy groups -OCH3 is 1. The smallest absolute Gasteiger partial charge is 0.318 e. The number of ether oxygens (including phenoxy) is 2. The lowest BCUT2D eigenvalue weighted by Crippen LogP contribution is -2.56. The Bertz CT molecular complexity index is 476. The van der Waals surface area contributed by atoms with E-state index in [0.717, 1.165) is 0 Å². The first-order valence-corrected chi connectivity index (χ1v) is 6.17. The summed E-state index contributed by atoms with van der Waals surface area (Å²) in [6.07, 6.45) is 0. The molecule has 2 N–H and O–H groups in total. The van der Waals surface area contributed by atoms with Crippen LogP contribution in [0.5, 0.6) is 0 Å². The number of halogens is 2. The van der Waals surface area contributed by atoms with E-state index in [1.165, 1.54) is 13.2 Å². The normalized spacial score (nSPS) is 18.9. The zero-order valence-corrected chi connectivity index (χ0v) is 11.4. The molecule has 4 nitrogen and oxygen atoms in total. The van der Waals surface area contributed by atoms with Gasteiger partial charge in [-0.25, -0.2) is 4.39 Å². The van der Waals surface area contributed by atoms with Crippen LogP contribution in [0.4, 0.5) is 4.39 Å². The Morgan fingerprint density at radius 3 is 2.78 bits per heavy atom. The van der Waals surface area contributed by atoms with Gasteiger partial charge in [-0.1, -0.05) is 15.9 Å². The van der Waals surface area contributed by atoms with Gasteiger partial charge in [0.05, 0.1) is 26.4 Å². The highest BCUT2D eigenvalue weighted by atomic mass is 79.9. The Morgan fingerprint density at radius 2 is 2.28 bits per heavy atom. The molecule has 1 heterocycles. The van der Waals surface area contributed by atoms with E-state index in [4.69, 9.17) is 15.2 Å². The fourth-order valence-corrected chi connectivity index (χ4v) is 2.38. The molecule has 1 unspecified atom stereocenters. The van der Waals surface area contributed by atoms with E-state index in [1.807, 2.05) is 0 Å². The van der Waals surface area contributed by atoms with Crippen molar-refractivity contribution < 1.29 is 18.7 Å². The summed E-state index contributed by atoms with van der Waals surface area (Å²) in [7, 11) is 1.28. The van der Waals surface area contributed by atoms with Gasteiger partial charge in [0.1, 0.15) is 11.2 Å². The summed E-state index contributed by atoms with van der Waals surface area (Å²) in [4.78, 5) is 11.8. The molecule has 0 radical (unpaired) electrons. The van der Waals surface area contributed by atoms with Crippen molar-refractivity contribution in [3.05, 3.63) is 34.1 Å². The van der Waals surface area contributed by atoms with Crippen molar-refractivity contribution >= 4 is 21.9 Å². The van der Waals surface area contributed by atoms with Crippen molar-refractivity contribution in [2.75, 3.05) is 20.3 Å². The monoisotopic (exact) mass is 317 g/mol. The van der Waals surface area contributed by atoms with Crippen LogP contribution in [0.1, 0.15) is 11.6 Å². The molecule has 0 bridgehead atoms. The van der Waals surface area contributed by atoms with Gasteiger partial charge in [0.25, 0.3) is 0 Å². The largest absolute Gasteiger partial charge is 0.468 e. The van der Waals surface area contributed by atoms with E-state index in [-0.39, 0.29) is 18.8 Å². The summed E-state index contributed by atoms with van der Waals surface area (Å²) in [5.41, 5.74) is 5.33. The number of hydrogen-bond donors (Lipinski definition) is 1. The van der Waals surface area contributed by atoms with Crippen molar-refractivity contribution in [3.8, 4) is 0 Å². The third-order valence-corrected chi connectivity index (χ3v) is 3.69. The van der Waals surface area contributed by atoms with Crippen LogP contribution in [0.15, 0.2) is 22.7 Å². The number of hydrogen-bond acceptors (Lipinski definition) is 4. The van der Waals surface area contributed by atoms with Gasteiger partial charge in [0.2, 0.25) is 0 Å². The second-order valence-corrected chi connectivity index (χ2v) is 5.20. The molecule has 0 saturated carbocycles. The molecule has 1 saturated heterocycles. The number of rotatable bonds is 3. The molecule has 1 aliphatic rings. The Hall–Kier alpha value is -0.980. The van der Waals surface area contributed by atoms with Gasteiger partial charge in [-0.05, 0) is 18.2 Å². The molecule has 0 spiro atoms. The van der Waals surface area contributed by atoms with Crippen molar-refractivity contribution in [1.29, 1.82) is 0 Å². The highest BCUT2D eigenvalue weighted by Gasteiger charge is 2.53. The molecule has 2 rings (SSSR count). The van der Waals surface area contributed by atoms with Crippen molar-refractivity contribution in [2.24, 2.45) is 11.1 Å². The lowest BCUT2D eigenvalue weighted by Gasteiger charge is -2.42. The molecule has 6 heteroatoms. The minimum absolute atomic E-state index is 0.146. The quantitative estimate of drug-likeness (QED) is 0.863. The Morgan fingerprint density at radius 1 is 1.61 bits per heavy atom. The molecular weight excluding hydrogens is 305 g/mol. The summed E-state index contributed by atoms with van der Waals surface area (Å²) < 4.78 is 24.3. The van der Waals surface area contributed by atoms with Gasteiger partial charge in [-0.15, -0.1) is 0 Å². The topological polar surface area (TPSA) is 61.5 Å². The molecule has 1 atom stereocenters.